The molecule has 3 rings (SSSR count). The summed E-state index contributed by atoms with van der Waals surface area (Å²) in [6.45, 7) is 4.12. The van der Waals surface area contributed by atoms with E-state index >= 15 is 0 Å². The molecule has 0 bridgehead atoms. The zero-order valence-electron chi connectivity index (χ0n) is 11.7. The highest BCUT2D eigenvalue weighted by atomic mass is 35.5. The van der Waals surface area contributed by atoms with Gasteiger partial charge < -0.3 is 10.2 Å². The van der Waals surface area contributed by atoms with E-state index in [2.05, 4.69) is 32.4 Å². The molecule has 1 fully saturated rings. The molecule has 2 aromatic heterocycles. The summed E-state index contributed by atoms with van der Waals surface area (Å²) in [5.74, 6) is 0.801. The van der Waals surface area contributed by atoms with Crippen LogP contribution in [0.2, 0.25) is 5.15 Å². The van der Waals surface area contributed by atoms with Crippen LogP contribution in [0.15, 0.2) is 12.3 Å². The van der Waals surface area contributed by atoms with Crippen LogP contribution in [0.3, 0.4) is 0 Å². The summed E-state index contributed by atoms with van der Waals surface area (Å²) in [5, 5.41) is 14.1. The number of hydrogen-bond donors (Lipinski definition) is 1. The maximum atomic E-state index is 6.15. The normalized spacial score (nSPS) is 20.2. The molecule has 5 nitrogen and oxygen atoms in total. The van der Waals surface area contributed by atoms with Crippen LogP contribution in [-0.4, -0.2) is 46.3 Å². The molecule has 106 valence electrons. The maximum absolute atomic E-state index is 6.15. The summed E-state index contributed by atoms with van der Waals surface area (Å²) in [5.41, 5.74) is 0.881. The minimum Gasteiger partial charge on any atom is -0.364 e. The molecule has 1 aliphatic rings. The van der Waals surface area contributed by atoms with E-state index in [1.165, 1.54) is 6.42 Å². The van der Waals surface area contributed by atoms with Gasteiger partial charge in [0.25, 0.3) is 0 Å². The van der Waals surface area contributed by atoms with Gasteiger partial charge in [0.1, 0.15) is 0 Å². The van der Waals surface area contributed by atoms with E-state index in [0.717, 1.165) is 41.8 Å². The van der Waals surface area contributed by atoms with Crippen molar-refractivity contribution in [1.29, 1.82) is 0 Å². The first-order valence-electron chi connectivity index (χ1n) is 6.87. The molecular weight excluding hydrogens is 274 g/mol. The lowest BCUT2D eigenvalue weighted by atomic mass is 10.1. The second-order valence-electron chi connectivity index (χ2n) is 5.40. The lowest BCUT2D eigenvalue weighted by molar-refractivity contribution is 0.261. The molecule has 1 atom stereocenters. The van der Waals surface area contributed by atoms with Crippen LogP contribution >= 0.6 is 11.6 Å². The highest BCUT2D eigenvalue weighted by molar-refractivity contribution is 6.34. The molecule has 3 heterocycles. The molecule has 2 aromatic rings. The van der Waals surface area contributed by atoms with Gasteiger partial charge in [0.15, 0.2) is 11.0 Å². The molecule has 0 aliphatic carbocycles. The summed E-state index contributed by atoms with van der Waals surface area (Å²) < 4.78 is 0. The Morgan fingerprint density at radius 2 is 2.25 bits per heavy atom. The molecule has 0 radical (unpaired) electrons. The Bertz CT molecular complexity index is 622. The number of pyridine rings is 1. The summed E-state index contributed by atoms with van der Waals surface area (Å²) in [6.07, 6.45) is 4.14. The molecule has 0 unspecified atom stereocenters. The first kappa shape index (κ1) is 13.5. The van der Waals surface area contributed by atoms with Crippen molar-refractivity contribution < 1.29 is 0 Å². The molecule has 0 amide bonds. The molecule has 20 heavy (non-hydrogen) atoms. The maximum Gasteiger partial charge on any atom is 0.161 e. The van der Waals surface area contributed by atoms with Crippen LogP contribution < -0.4 is 5.32 Å². The number of aryl methyl sites for hydroxylation is 1. The fourth-order valence-corrected chi connectivity index (χ4v) is 3.08. The van der Waals surface area contributed by atoms with E-state index in [9.17, 15) is 0 Å². The number of nitrogens with one attached hydrogen (secondary N) is 1. The molecule has 1 N–H and O–H groups in total. The number of likely N-dealkylation sites (tertiary alicyclic amines) is 1. The molecular formula is C14H18ClN5. The second-order valence-corrected chi connectivity index (χ2v) is 5.76. The highest BCUT2D eigenvalue weighted by Crippen LogP contribution is 2.28. The Labute approximate surface area is 123 Å². The van der Waals surface area contributed by atoms with Gasteiger partial charge in [-0.05, 0) is 39.4 Å². The zero-order chi connectivity index (χ0) is 14.1. The quantitative estimate of drug-likeness (QED) is 0.921. The van der Waals surface area contributed by atoms with Gasteiger partial charge in [0, 0.05) is 35.2 Å². The number of hydrogen-bond acceptors (Lipinski definition) is 5. The first-order valence-corrected chi connectivity index (χ1v) is 7.25. The molecule has 6 heteroatoms. The van der Waals surface area contributed by atoms with Crippen LogP contribution in [0.25, 0.3) is 10.8 Å². The molecule has 0 spiro atoms. The topological polar surface area (TPSA) is 53.9 Å². The van der Waals surface area contributed by atoms with Gasteiger partial charge in [-0.15, -0.1) is 10.2 Å². The lowest BCUT2D eigenvalue weighted by Gasteiger charge is -2.30. The van der Waals surface area contributed by atoms with Crippen molar-refractivity contribution in [3.63, 3.8) is 0 Å². The third kappa shape index (κ3) is 2.55. The van der Waals surface area contributed by atoms with Crippen molar-refractivity contribution in [2.75, 3.05) is 25.5 Å². The fourth-order valence-electron chi connectivity index (χ4n) is 2.81. The predicted octanol–water partition coefficient (Wildman–Crippen LogP) is 2.49. The summed E-state index contributed by atoms with van der Waals surface area (Å²) >= 11 is 6.15. The van der Waals surface area contributed by atoms with Crippen molar-refractivity contribution >= 4 is 28.2 Å². The number of fused-ring (bicyclic) bond motifs is 1. The number of likely N-dealkylation sites (N-methyl/N-ethyl adjacent to an activating group) is 1. The van der Waals surface area contributed by atoms with Gasteiger partial charge in [-0.2, -0.15) is 0 Å². The van der Waals surface area contributed by atoms with Gasteiger partial charge in [-0.25, -0.2) is 0 Å². The van der Waals surface area contributed by atoms with Crippen LogP contribution in [0.4, 0.5) is 5.82 Å². The van der Waals surface area contributed by atoms with Crippen LogP contribution in [0.1, 0.15) is 18.5 Å². The van der Waals surface area contributed by atoms with Gasteiger partial charge in [0.2, 0.25) is 0 Å². The van der Waals surface area contributed by atoms with E-state index in [1.807, 2.05) is 13.0 Å². The van der Waals surface area contributed by atoms with Gasteiger partial charge in [-0.3, -0.25) is 4.98 Å². The van der Waals surface area contributed by atoms with Gasteiger partial charge in [0.05, 0.1) is 0 Å². The van der Waals surface area contributed by atoms with E-state index in [-0.39, 0.29) is 0 Å². The SMILES string of the molecule is Cc1nccc2c(N[C@@H]3CCCN(C)C3)nnc(Cl)c12. The average molecular weight is 292 g/mol. The highest BCUT2D eigenvalue weighted by Gasteiger charge is 2.19. The Morgan fingerprint density at radius 3 is 3.05 bits per heavy atom. The number of anilines is 1. The first-order chi connectivity index (χ1) is 9.65. The van der Waals surface area contributed by atoms with Crippen molar-refractivity contribution in [2.24, 2.45) is 0 Å². The number of halogens is 1. The third-order valence-corrected chi connectivity index (χ3v) is 4.07. The monoisotopic (exact) mass is 291 g/mol. The summed E-state index contributed by atoms with van der Waals surface area (Å²) in [7, 11) is 2.15. The Kier molecular flexibility index (Phi) is 3.72. The minimum atomic E-state index is 0.404. The second kappa shape index (κ2) is 5.50. The number of rotatable bonds is 2. The summed E-state index contributed by atoms with van der Waals surface area (Å²) in [4.78, 5) is 6.61. The van der Waals surface area contributed by atoms with Gasteiger partial charge in [-0.1, -0.05) is 11.6 Å². The van der Waals surface area contributed by atoms with Crippen molar-refractivity contribution in [2.45, 2.75) is 25.8 Å². The number of nitrogens with zero attached hydrogens (tertiary/aromatic N) is 4. The standard InChI is InChI=1S/C14H18ClN5/c1-9-12-11(5-6-16-9)14(19-18-13(12)15)17-10-4-3-7-20(2)8-10/h5-6,10H,3-4,7-8H2,1-2H3,(H,17,19)/t10-/m1/s1. The van der Waals surface area contributed by atoms with Crippen molar-refractivity contribution in [3.05, 3.63) is 23.1 Å². The summed E-state index contributed by atoms with van der Waals surface area (Å²) in [6, 6.07) is 2.35. The predicted molar refractivity (Wildman–Crippen MR) is 81.2 cm³/mol. The Balaban J connectivity index is 1.96. The smallest absolute Gasteiger partial charge is 0.161 e. The molecule has 1 saturated heterocycles. The Morgan fingerprint density at radius 1 is 1.40 bits per heavy atom. The van der Waals surface area contributed by atoms with E-state index in [4.69, 9.17) is 11.6 Å². The molecule has 0 saturated carbocycles. The lowest BCUT2D eigenvalue weighted by Crippen LogP contribution is -2.40. The van der Waals surface area contributed by atoms with Gasteiger partial charge >= 0.3 is 0 Å². The fraction of sp³-hybridized carbons (Fsp3) is 0.500. The van der Waals surface area contributed by atoms with Crippen LogP contribution in [-0.2, 0) is 0 Å². The molecule has 1 aliphatic heterocycles. The average Bonchev–Trinajstić information content (AvgIpc) is 2.42. The van der Waals surface area contributed by atoms with Crippen molar-refractivity contribution in [1.82, 2.24) is 20.1 Å². The molecule has 0 aromatic carbocycles. The Hall–Kier alpha value is -1.46. The number of aromatic nitrogens is 3. The zero-order valence-corrected chi connectivity index (χ0v) is 12.5. The largest absolute Gasteiger partial charge is 0.364 e. The third-order valence-electron chi connectivity index (χ3n) is 3.81. The van der Waals surface area contributed by atoms with Crippen LogP contribution in [0, 0.1) is 6.92 Å². The van der Waals surface area contributed by atoms with Crippen LogP contribution in [0.5, 0.6) is 0 Å². The minimum absolute atomic E-state index is 0.404. The number of piperidine rings is 1. The van der Waals surface area contributed by atoms with Crippen molar-refractivity contribution in [3.8, 4) is 0 Å². The van der Waals surface area contributed by atoms with E-state index in [0.29, 0.717) is 11.2 Å². The van der Waals surface area contributed by atoms with E-state index in [1.54, 1.807) is 6.20 Å². The van der Waals surface area contributed by atoms with E-state index < -0.39 is 0 Å².